The fraction of sp³-hybridized carbons (Fsp3) is 0.814. The van der Waals surface area contributed by atoms with Crippen LogP contribution in [0.5, 0.6) is 0 Å². The van der Waals surface area contributed by atoms with Crippen molar-refractivity contribution in [3.8, 4) is 0 Å². The van der Waals surface area contributed by atoms with Crippen LogP contribution in [0.4, 0.5) is 0 Å². The molecule has 1 unspecified atom stereocenters. The first-order valence-corrected chi connectivity index (χ1v) is 33.3. The first kappa shape index (κ1) is 73.1. The second-order valence-corrected chi connectivity index (χ2v) is 22.4. The Hall–Kier alpha value is -2.89. The van der Waals surface area contributed by atoms with Crippen molar-refractivity contribution in [2.75, 3.05) is 13.2 Å². The molecule has 6 nitrogen and oxygen atoms in total. The maximum atomic E-state index is 12.8. The van der Waals surface area contributed by atoms with Gasteiger partial charge in [-0.3, -0.25) is 14.4 Å². The molecule has 0 saturated heterocycles. The number of esters is 3. The van der Waals surface area contributed by atoms with E-state index in [0.717, 1.165) is 83.5 Å². The molecule has 0 aliphatic heterocycles. The summed E-state index contributed by atoms with van der Waals surface area (Å²) in [6.45, 7) is 6.50. The molecule has 1 atom stereocenters. The van der Waals surface area contributed by atoms with E-state index in [1.165, 1.54) is 218 Å². The molecule has 0 radical (unpaired) electrons. The standard InChI is InChI=1S/C70H126O6/c1-4-7-10-13-16-19-22-25-27-28-29-30-31-32-33-34-35-36-37-38-39-40-41-42-44-45-48-51-54-57-60-63-69(72)75-66-67(65-74-68(71)62-59-56-53-50-47-24-21-18-15-12-9-6-3)76-70(73)64-61-58-55-52-49-46-43-26-23-20-17-14-11-8-5-2/h8,11,17-18,20-21,26,43,49,52,67H,4-7,9-10,12-16,19,22-25,27-42,44-48,50-51,53-66H2,1-3H3/b11-8-,20-17-,21-18-,43-26-,52-49-. The van der Waals surface area contributed by atoms with E-state index in [0.29, 0.717) is 19.3 Å². The van der Waals surface area contributed by atoms with Crippen LogP contribution in [0.15, 0.2) is 60.8 Å². The lowest BCUT2D eigenvalue weighted by molar-refractivity contribution is -0.167. The van der Waals surface area contributed by atoms with Crippen LogP contribution in [0.3, 0.4) is 0 Å². The summed E-state index contributed by atoms with van der Waals surface area (Å²) in [5, 5.41) is 0. The van der Waals surface area contributed by atoms with E-state index in [1.807, 2.05) is 0 Å². The monoisotopic (exact) mass is 1060 g/mol. The fourth-order valence-corrected chi connectivity index (χ4v) is 9.79. The van der Waals surface area contributed by atoms with Crippen LogP contribution >= 0.6 is 0 Å². The van der Waals surface area contributed by atoms with Gasteiger partial charge < -0.3 is 14.2 Å². The van der Waals surface area contributed by atoms with Crippen molar-refractivity contribution in [3.05, 3.63) is 60.8 Å². The number of rotatable bonds is 61. The molecule has 0 aliphatic rings. The van der Waals surface area contributed by atoms with Gasteiger partial charge in [-0.25, -0.2) is 0 Å². The third-order valence-electron chi connectivity index (χ3n) is 14.8. The zero-order valence-electron chi connectivity index (χ0n) is 50.8. The van der Waals surface area contributed by atoms with E-state index in [4.69, 9.17) is 14.2 Å². The Morgan fingerprint density at radius 1 is 0.276 bits per heavy atom. The minimum Gasteiger partial charge on any atom is -0.462 e. The summed E-state index contributed by atoms with van der Waals surface area (Å²) >= 11 is 0. The van der Waals surface area contributed by atoms with Crippen molar-refractivity contribution in [1.82, 2.24) is 0 Å². The Morgan fingerprint density at radius 2 is 0.513 bits per heavy atom. The lowest BCUT2D eigenvalue weighted by Crippen LogP contribution is -2.30. The summed E-state index contributed by atoms with van der Waals surface area (Å²) in [6.07, 6.45) is 82.7. The molecular weight excluding hydrogens is 937 g/mol. The van der Waals surface area contributed by atoms with Gasteiger partial charge in [0, 0.05) is 19.3 Å². The lowest BCUT2D eigenvalue weighted by Gasteiger charge is -2.18. The van der Waals surface area contributed by atoms with Crippen molar-refractivity contribution < 1.29 is 28.6 Å². The van der Waals surface area contributed by atoms with Gasteiger partial charge in [-0.1, -0.05) is 306 Å². The Labute approximate surface area is 472 Å². The molecule has 0 aromatic carbocycles. The Kier molecular flexibility index (Phi) is 62.2. The molecule has 0 spiro atoms. The second kappa shape index (κ2) is 64.6. The summed E-state index contributed by atoms with van der Waals surface area (Å²) in [5.74, 6) is -0.927. The van der Waals surface area contributed by atoms with Gasteiger partial charge in [0.15, 0.2) is 6.10 Å². The Morgan fingerprint density at radius 3 is 0.868 bits per heavy atom. The van der Waals surface area contributed by atoms with E-state index in [1.54, 1.807) is 0 Å². The smallest absolute Gasteiger partial charge is 0.306 e. The lowest BCUT2D eigenvalue weighted by atomic mass is 10.0. The largest absolute Gasteiger partial charge is 0.462 e. The molecule has 0 fully saturated rings. The summed E-state index contributed by atoms with van der Waals surface area (Å²) < 4.78 is 16.9. The molecule has 0 aliphatic carbocycles. The summed E-state index contributed by atoms with van der Waals surface area (Å²) in [5.41, 5.74) is 0. The minimum atomic E-state index is -0.798. The second-order valence-electron chi connectivity index (χ2n) is 22.4. The number of unbranched alkanes of at least 4 members (excludes halogenated alkanes) is 40. The SMILES string of the molecule is CC/C=C\C/C=C\C/C=C\C/C=C\CCCCC(=O)OC(COC(=O)CCCCCCC/C=C\CCCCC)COC(=O)CCCCCCCCCCCCCCCCCCCCCCCCCCCCCCCCC. The fourth-order valence-electron chi connectivity index (χ4n) is 9.79. The number of hydrogen-bond acceptors (Lipinski definition) is 6. The van der Waals surface area contributed by atoms with E-state index >= 15 is 0 Å². The number of carbonyl (C=O) groups is 3. The third kappa shape index (κ3) is 62.0. The number of allylic oxidation sites excluding steroid dienone is 10. The van der Waals surface area contributed by atoms with E-state index in [9.17, 15) is 14.4 Å². The van der Waals surface area contributed by atoms with Crippen LogP contribution < -0.4 is 0 Å². The highest BCUT2D eigenvalue weighted by molar-refractivity contribution is 5.71. The maximum Gasteiger partial charge on any atom is 0.306 e. The topological polar surface area (TPSA) is 78.9 Å². The van der Waals surface area contributed by atoms with E-state index in [-0.39, 0.29) is 37.5 Å². The average Bonchev–Trinajstić information content (AvgIpc) is 3.42. The molecule has 0 amide bonds. The Bertz CT molecular complexity index is 1360. The normalized spacial score (nSPS) is 12.4. The third-order valence-corrected chi connectivity index (χ3v) is 14.8. The molecule has 76 heavy (non-hydrogen) atoms. The van der Waals surface area contributed by atoms with Crippen LogP contribution in [-0.2, 0) is 28.6 Å². The molecular formula is C70H126O6. The molecule has 0 rings (SSSR count). The molecule has 0 aromatic heterocycles. The number of carbonyl (C=O) groups excluding carboxylic acids is 3. The summed E-state index contributed by atoms with van der Waals surface area (Å²) in [6, 6.07) is 0. The minimum absolute atomic E-state index is 0.0908. The molecule has 0 heterocycles. The van der Waals surface area contributed by atoms with Gasteiger partial charge in [0.1, 0.15) is 13.2 Å². The first-order valence-electron chi connectivity index (χ1n) is 33.3. The molecule has 0 bridgehead atoms. The van der Waals surface area contributed by atoms with Crippen LogP contribution in [0.2, 0.25) is 0 Å². The highest BCUT2D eigenvalue weighted by Crippen LogP contribution is 2.18. The van der Waals surface area contributed by atoms with E-state index in [2.05, 4.69) is 81.5 Å². The molecule has 442 valence electrons. The van der Waals surface area contributed by atoms with Gasteiger partial charge in [-0.05, 0) is 83.5 Å². The van der Waals surface area contributed by atoms with Gasteiger partial charge in [-0.2, -0.15) is 0 Å². The number of ether oxygens (including phenoxy) is 3. The zero-order valence-corrected chi connectivity index (χ0v) is 50.8. The molecule has 0 aromatic rings. The molecule has 0 N–H and O–H groups in total. The maximum absolute atomic E-state index is 12.8. The van der Waals surface area contributed by atoms with Gasteiger partial charge in [0.25, 0.3) is 0 Å². The van der Waals surface area contributed by atoms with Crippen molar-refractivity contribution >= 4 is 17.9 Å². The van der Waals surface area contributed by atoms with Gasteiger partial charge in [0.05, 0.1) is 0 Å². The summed E-state index contributed by atoms with van der Waals surface area (Å²) in [4.78, 5) is 38.2. The molecule has 6 heteroatoms. The van der Waals surface area contributed by atoms with Gasteiger partial charge in [-0.15, -0.1) is 0 Å². The van der Waals surface area contributed by atoms with Crippen LogP contribution in [0.1, 0.15) is 348 Å². The van der Waals surface area contributed by atoms with Crippen LogP contribution in [0.25, 0.3) is 0 Å². The highest BCUT2D eigenvalue weighted by Gasteiger charge is 2.19. The summed E-state index contributed by atoms with van der Waals surface area (Å²) in [7, 11) is 0. The first-order chi connectivity index (χ1) is 37.5. The van der Waals surface area contributed by atoms with E-state index < -0.39 is 6.10 Å². The predicted octanol–water partition coefficient (Wildman–Crippen LogP) is 22.7. The van der Waals surface area contributed by atoms with Crippen molar-refractivity contribution in [3.63, 3.8) is 0 Å². The van der Waals surface area contributed by atoms with Crippen molar-refractivity contribution in [1.29, 1.82) is 0 Å². The van der Waals surface area contributed by atoms with Crippen molar-refractivity contribution in [2.24, 2.45) is 0 Å². The quantitative estimate of drug-likeness (QED) is 0.0261. The number of hydrogen-bond donors (Lipinski definition) is 0. The predicted molar refractivity (Wildman–Crippen MR) is 330 cm³/mol. The Balaban J connectivity index is 4.13. The van der Waals surface area contributed by atoms with Crippen molar-refractivity contribution in [2.45, 2.75) is 354 Å². The van der Waals surface area contributed by atoms with Crippen LogP contribution in [-0.4, -0.2) is 37.2 Å². The van der Waals surface area contributed by atoms with Gasteiger partial charge >= 0.3 is 17.9 Å². The zero-order chi connectivity index (χ0) is 55.0. The molecule has 0 saturated carbocycles. The average molecular weight is 1060 g/mol. The van der Waals surface area contributed by atoms with Gasteiger partial charge in [0.2, 0.25) is 0 Å². The highest BCUT2D eigenvalue weighted by atomic mass is 16.6. The van der Waals surface area contributed by atoms with Crippen LogP contribution in [0, 0.1) is 0 Å².